The lowest BCUT2D eigenvalue weighted by atomic mass is 10.1. The predicted octanol–water partition coefficient (Wildman–Crippen LogP) is 2.93. The molecule has 6 nitrogen and oxygen atoms in total. The molecule has 1 N–H and O–H groups in total. The highest BCUT2D eigenvalue weighted by molar-refractivity contribution is 5.75. The average molecular weight is 359 g/mol. The Morgan fingerprint density at radius 3 is 2.15 bits per heavy atom. The number of methoxy groups -OCH3 is 3. The van der Waals surface area contributed by atoms with Gasteiger partial charge in [-0.1, -0.05) is 30.3 Å². The lowest BCUT2D eigenvalue weighted by Crippen LogP contribution is -2.35. The maximum atomic E-state index is 12.2. The number of carbonyl (C=O) groups is 1. The molecule has 0 unspecified atom stereocenters. The minimum absolute atomic E-state index is 0.251. The van der Waals surface area contributed by atoms with Crippen LogP contribution in [0.1, 0.15) is 18.1 Å². The fourth-order valence-electron chi connectivity index (χ4n) is 2.44. The normalized spacial score (nSPS) is 11.5. The van der Waals surface area contributed by atoms with E-state index in [0.29, 0.717) is 23.8 Å². The number of esters is 1. The SMILES string of the molecule is COc1cc(OC)c(CN[C@@H](C)C(=O)OCc2ccccc2)c(OC)c1. The molecule has 140 valence electrons. The summed E-state index contributed by atoms with van der Waals surface area (Å²) in [6.45, 7) is 2.40. The molecule has 0 saturated carbocycles. The third-order valence-corrected chi connectivity index (χ3v) is 3.98. The van der Waals surface area contributed by atoms with E-state index in [9.17, 15) is 4.79 Å². The lowest BCUT2D eigenvalue weighted by molar-refractivity contribution is -0.147. The summed E-state index contributed by atoms with van der Waals surface area (Å²) in [4.78, 5) is 12.2. The molecule has 0 aromatic heterocycles. The van der Waals surface area contributed by atoms with Crippen LogP contribution < -0.4 is 19.5 Å². The standard InChI is InChI=1S/C20H25NO5/c1-14(20(22)26-13-15-8-6-5-7-9-15)21-12-17-18(24-3)10-16(23-2)11-19(17)25-4/h5-11,14,21H,12-13H2,1-4H3/t14-/m0/s1. The number of benzene rings is 2. The Hall–Kier alpha value is -2.73. The summed E-state index contributed by atoms with van der Waals surface area (Å²) in [7, 11) is 4.74. The van der Waals surface area contributed by atoms with Crippen LogP contribution in [0.3, 0.4) is 0 Å². The smallest absolute Gasteiger partial charge is 0.323 e. The second-order valence-corrected chi connectivity index (χ2v) is 5.71. The van der Waals surface area contributed by atoms with E-state index in [1.165, 1.54) is 0 Å². The van der Waals surface area contributed by atoms with Crippen molar-refractivity contribution in [2.45, 2.75) is 26.1 Å². The molecule has 0 bridgehead atoms. The Balaban J connectivity index is 1.97. The molecule has 26 heavy (non-hydrogen) atoms. The van der Waals surface area contributed by atoms with Crippen LogP contribution in [0, 0.1) is 0 Å². The molecule has 0 heterocycles. The van der Waals surface area contributed by atoms with Crippen molar-refractivity contribution in [2.75, 3.05) is 21.3 Å². The number of ether oxygens (including phenoxy) is 4. The van der Waals surface area contributed by atoms with Crippen LogP contribution in [0.4, 0.5) is 0 Å². The molecule has 6 heteroatoms. The largest absolute Gasteiger partial charge is 0.496 e. The van der Waals surface area contributed by atoms with Crippen molar-refractivity contribution in [3.05, 3.63) is 53.6 Å². The van der Waals surface area contributed by atoms with Crippen LogP contribution in [0.2, 0.25) is 0 Å². The van der Waals surface area contributed by atoms with Crippen molar-refractivity contribution >= 4 is 5.97 Å². The molecular formula is C20H25NO5. The molecule has 1 atom stereocenters. The van der Waals surface area contributed by atoms with E-state index in [-0.39, 0.29) is 12.6 Å². The first-order valence-electron chi connectivity index (χ1n) is 8.31. The van der Waals surface area contributed by atoms with Crippen molar-refractivity contribution in [3.8, 4) is 17.2 Å². The molecule has 0 aliphatic heterocycles. The summed E-state index contributed by atoms with van der Waals surface area (Å²) >= 11 is 0. The second-order valence-electron chi connectivity index (χ2n) is 5.71. The maximum Gasteiger partial charge on any atom is 0.323 e. The number of hydrogen-bond acceptors (Lipinski definition) is 6. The fourth-order valence-corrected chi connectivity index (χ4v) is 2.44. The van der Waals surface area contributed by atoms with E-state index < -0.39 is 6.04 Å². The van der Waals surface area contributed by atoms with Gasteiger partial charge in [-0.15, -0.1) is 0 Å². The topological polar surface area (TPSA) is 66.0 Å². The molecule has 0 aliphatic rings. The first-order chi connectivity index (χ1) is 12.6. The van der Waals surface area contributed by atoms with Crippen molar-refractivity contribution in [2.24, 2.45) is 0 Å². The highest BCUT2D eigenvalue weighted by atomic mass is 16.5. The third-order valence-electron chi connectivity index (χ3n) is 3.98. The predicted molar refractivity (Wildman–Crippen MR) is 98.6 cm³/mol. The maximum absolute atomic E-state index is 12.2. The number of hydrogen-bond donors (Lipinski definition) is 1. The first kappa shape index (κ1) is 19.6. The highest BCUT2D eigenvalue weighted by Crippen LogP contribution is 2.33. The summed E-state index contributed by atoms with van der Waals surface area (Å²) in [6, 6.07) is 12.6. The lowest BCUT2D eigenvalue weighted by Gasteiger charge is -2.18. The molecule has 0 saturated heterocycles. The van der Waals surface area contributed by atoms with Gasteiger partial charge >= 0.3 is 5.97 Å². The molecule has 0 fully saturated rings. The van der Waals surface area contributed by atoms with Gasteiger partial charge in [0, 0.05) is 18.7 Å². The van der Waals surface area contributed by atoms with Crippen LogP contribution in [0.5, 0.6) is 17.2 Å². The Morgan fingerprint density at radius 1 is 1.00 bits per heavy atom. The zero-order valence-electron chi connectivity index (χ0n) is 15.6. The van der Waals surface area contributed by atoms with Gasteiger partial charge in [0.25, 0.3) is 0 Å². The van der Waals surface area contributed by atoms with Crippen LogP contribution in [0.25, 0.3) is 0 Å². The van der Waals surface area contributed by atoms with Gasteiger partial charge in [0.05, 0.1) is 26.9 Å². The fraction of sp³-hybridized carbons (Fsp3) is 0.350. The summed E-state index contributed by atoms with van der Waals surface area (Å²) in [6.07, 6.45) is 0. The van der Waals surface area contributed by atoms with E-state index in [1.54, 1.807) is 40.4 Å². The van der Waals surface area contributed by atoms with E-state index in [2.05, 4.69) is 5.32 Å². The van der Waals surface area contributed by atoms with Gasteiger partial charge in [0.15, 0.2) is 0 Å². The van der Waals surface area contributed by atoms with Gasteiger partial charge in [0.2, 0.25) is 0 Å². The molecule has 2 aromatic carbocycles. The average Bonchev–Trinajstić information content (AvgIpc) is 2.70. The molecule has 2 aromatic rings. The third kappa shape index (κ3) is 5.13. The Labute approximate surface area is 154 Å². The summed E-state index contributed by atoms with van der Waals surface area (Å²) < 4.78 is 21.4. The van der Waals surface area contributed by atoms with Crippen molar-refractivity contribution in [1.82, 2.24) is 5.32 Å². The van der Waals surface area contributed by atoms with Gasteiger partial charge < -0.3 is 24.3 Å². The first-order valence-corrected chi connectivity index (χ1v) is 8.31. The summed E-state index contributed by atoms with van der Waals surface area (Å²) in [5.74, 6) is 1.56. The van der Waals surface area contributed by atoms with Crippen LogP contribution >= 0.6 is 0 Å². The van der Waals surface area contributed by atoms with Gasteiger partial charge in [-0.3, -0.25) is 4.79 Å². The van der Waals surface area contributed by atoms with Gasteiger partial charge in [-0.2, -0.15) is 0 Å². The zero-order chi connectivity index (χ0) is 18.9. The minimum Gasteiger partial charge on any atom is -0.496 e. The van der Waals surface area contributed by atoms with Crippen LogP contribution in [-0.4, -0.2) is 33.3 Å². The Kier molecular flexibility index (Phi) is 7.29. The quantitative estimate of drug-likeness (QED) is 0.695. The van der Waals surface area contributed by atoms with Gasteiger partial charge in [0.1, 0.15) is 29.9 Å². The van der Waals surface area contributed by atoms with E-state index >= 15 is 0 Å². The monoisotopic (exact) mass is 359 g/mol. The van der Waals surface area contributed by atoms with Crippen molar-refractivity contribution < 1.29 is 23.7 Å². The van der Waals surface area contributed by atoms with Gasteiger partial charge in [-0.25, -0.2) is 0 Å². The van der Waals surface area contributed by atoms with Crippen LogP contribution in [-0.2, 0) is 22.7 Å². The summed E-state index contributed by atoms with van der Waals surface area (Å²) in [5.41, 5.74) is 1.75. The molecular weight excluding hydrogens is 334 g/mol. The van der Waals surface area contributed by atoms with E-state index in [0.717, 1.165) is 11.1 Å². The highest BCUT2D eigenvalue weighted by Gasteiger charge is 2.18. The molecule has 0 aliphatic carbocycles. The molecule has 0 spiro atoms. The Morgan fingerprint density at radius 2 is 1.62 bits per heavy atom. The summed E-state index contributed by atoms with van der Waals surface area (Å²) in [5, 5.41) is 3.15. The number of rotatable bonds is 9. The number of nitrogens with one attached hydrogen (secondary N) is 1. The molecule has 0 amide bonds. The van der Waals surface area contributed by atoms with Crippen molar-refractivity contribution in [3.63, 3.8) is 0 Å². The Bertz CT molecular complexity index is 692. The van der Waals surface area contributed by atoms with Crippen LogP contribution in [0.15, 0.2) is 42.5 Å². The van der Waals surface area contributed by atoms with Crippen molar-refractivity contribution in [1.29, 1.82) is 0 Å². The molecule has 0 radical (unpaired) electrons. The molecule has 2 rings (SSSR count). The minimum atomic E-state index is -0.477. The number of carbonyl (C=O) groups excluding carboxylic acids is 1. The van der Waals surface area contributed by atoms with E-state index in [4.69, 9.17) is 18.9 Å². The second kappa shape index (κ2) is 9.68. The van der Waals surface area contributed by atoms with E-state index in [1.807, 2.05) is 30.3 Å². The zero-order valence-corrected chi connectivity index (χ0v) is 15.6. The van der Waals surface area contributed by atoms with Gasteiger partial charge in [-0.05, 0) is 12.5 Å².